The summed E-state index contributed by atoms with van der Waals surface area (Å²) in [6.45, 7) is 6.80. The highest BCUT2D eigenvalue weighted by atomic mass is 31.2. The van der Waals surface area contributed by atoms with Gasteiger partial charge >= 0.3 is 13.8 Å². The van der Waals surface area contributed by atoms with Crippen LogP contribution < -0.4 is 5.32 Å². The predicted octanol–water partition coefficient (Wildman–Crippen LogP) is 16.8. The zero-order valence-electron chi connectivity index (χ0n) is 45.7. The van der Waals surface area contributed by atoms with Gasteiger partial charge in [-0.2, -0.15) is 0 Å². The van der Waals surface area contributed by atoms with Gasteiger partial charge < -0.3 is 19.4 Å². The number of rotatable bonds is 49. The molecule has 0 aliphatic carbocycles. The third-order valence-corrected chi connectivity index (χ3v) is 12.8. The van der Waals surface area contributed by atoms with Crippen LogP contribution in [0.25, 0.3) is 0 Å². The molecule has 0 aliphatic heterocycles. The molecule has 0 saturated heterocycles. The number of carbonyl (C=O) groups excluding carboxylic acids is 2. The van der Waals surface area contributed by atoms with Crippen LogP contribution in [0, 0.1) is 0 Å². The van der Waals surface area contributed by atoms with Gasteiger partial charge in [-0.3, -0.25) is 18.6 Å². The van der Waals surface area contributed by atoms with Gasteiger partial charge in [0.1, 0.15) is 19.3 Å². The van der Waals surface area contributed by atoms with Crippen molar-refractivity contribution in [3.8, 4) is 0 Å². The van der Waals surface area contributed by atoms with Gasteiger partial charge in [-0.05, 0) is 96.0 Å². The van der Waals surface area contributed by atoms with Crippen LogP contribution in [0.5, 0.6) is 0 Å². The van der Waals surface area contributed by atoms with Crippen molar-refractivity contribution in [1.82, 2.24) is 5.32 Å². The van der Waals surface area contributed by atoms with Crippen molar-refractivity contribution in [3.05, 3.63) is 97.2 Å². The van der Waals surface area contributed by atoms with Gasteiger partial charge in [0.15, 0.2) is 0 Å². The Balaban J connectivity index is 5.49. The highest BCUT2D eigenvalue weighted by molar-refractivity contribution is 7.47. The standard InChI is InChI=1S/C60H105N2O7P/c1-7-10-13-16-19-22-25-28-29-30-31-32-33-35-37-40-43-46-49-52-59(63)61-57(56-68-70(65,66)67-55-54-62(4,5)6)58(51-48-45-42-39-36-27-24-21-18-15-12-9-3)69-60(64)53-50-47-44-41-38-34-26-23-20-17-14-11-8-2/h10,13,19,22,28-29,31-32,34-35,37-38,44,47-48,51,57-58H,7-9,11-12,14-18,20-21,23-27,30,33,36,39-43,45-46,49-50,52-56H2,1-6H3,(H-,61,63,65,66)/p+1/b13-10-,22-19-,29-28-,32-31-,37-35-,38-34-,47-44+,51-48-. The van der Waals surface area contributed by atoms with E-state index in [0.717, 1.165) is 83.5 Å². The Bertz CT molecular complexity index is 1520. The van der Waals surface area contributed by atoms with E-state index in [1.807, 2.05) is 39.4 Å². The van der Waals surface area contributed by atoms with E-state index in [2.05, 4.69) is 105 Å². The summed E-state index contributed by atoms with van der Waals surface area (Å²) >= 11 is 0. The lowest BCUT2D eigenvalue weighted by atomic mass is 10.1. The first-order valence-corrected chi connectivity index (χ1v) is 29.6. The molecule has 0 heterocycles. The molecule has 2 N–H and O–H groups in total. The van der Waals surface area contributed by atoms with E-state index < -0.39 is 25.9 Å². The number of ether oxygens (including phenoxy) is 1. The van der Waals surface area contributed by atoms with Crippen molar-refractivity contribution in [3.63, 3.8) is 0 Å². The van der Waals surface area contributed by atoms with E-state index in [1.54, 1.807) is 0 Å². The number of likely N-dealkylation sites (N-methyl/N-ethyl adjacent to an activating group) is 1. The third kappa shape index (κ3) is 49.9. The van der Waals surface area contributed by atoms with Gasteiger partial charge in [-0.25, -0.2) is 4.57 Å². The number of carbonyl (C=O) groups is 2. The van der Waals surface area contributed by atoms with Crippen LogP contribution in [-0.2, 0) is 27.9 Å². The second-order valence-electron chi connectivity index (χ2n) is 19.7. The van der Waals surface area contributed by atoms with Gasteiger partial charge in [0.2, 0.25) is 5.91 Å². The summed E-state index contributed by atoms with van der Waals surface area (Å²) < 4.78 is 30.5. The molecule has 0 aromatic rings. The monoisotopic (exact) mass is 998 g/mol. The number of amides is 1. The number of phosphoric ester groups is 1. The topological polar surface area (TPSA) is 111 Å². The van der Waals surface area contributed by atoms with E-state index in [4.69, 9.17) is 13.8 Å². The minimum atomic E-state index is -4.47. The van der Waals surface area contributed by atoms with Gasteiger partial charge in [0, 0.05) is 12.8 Å². The molecule has 3 atom stereocenters. The summed E-state index contributed by atoms with van der Waals surface area (Å²) in [4.78, 5) is 37.5. The first-order valence-electron chi connectivity index (χ1n) is 28.1. The van der Waals surface area contributed by atoms with Gasteiger partial charge in [-0.1, -0.05) is 208 Å². The number of phosphoric acid groups is 1. The summed E-state index contributed by atoms with van der Waals surface area (Å²) in [6, 6.07) is -0.892. The third-order valence-electron chi connectivity index (χ3n) is 11.8. The second kappa shape index (κ2) is 49.5. The van der Waals surface area contributed by atoms with E-state index >= 15 is 0 Å². The van der Waals surface area contributed by atoms with Crippen LogP contribution in [0.3, 0.4) is 0 Å². The van der Waals surface area contributed by atoms with Crippen molar-refractivity contribution in [2.24, 2.45) is 0 Å². The SMILES string of the molecule is CC/C=C\C/C=C\C/C=C\C/C=C\C/C=C\CCCCCC(=O)NC(COP(=O)(O)OCC[N+](C)(C)C)C(/C=C\CCCCCCCCCCCC)OC(=O)CC/C=C/C/C=C\CCCCCCCC. The lowest BCUT2D eigenvalue weighted by Gasteiger charge is -2.27. The maximum atomic E-state index is 13.5. The van der Waals surface area contributed by atoms with Crippen molar-refractivity contribution in [1.29, 1.82) is 0 Å². The highest BCUT2D eigenvalue weighted by Gasteiger charge is 2.30. The Kier molecular flexibility index (Phi) is 47.3. The number of unbranched alkanes of at least 4 members (excludes halogenated alkanes) is 19. The summed E-state index contributed by atoms with van der Waals surface area (Å²) in [5.74, 6) is -0.628. The maximum absolute atomic E-state index is 13.5. The first-order chi connectivity index (χ1) is 33.9. The number of quaternary nitrogens is 1. The molecular weight excluding hydrogens is 892 g/mol. The summed E-state index contributed by atoms with van der Waals surface area (Å²) in [6.07, 6.45) is 65.6. The molecule has 3 unspecified atom stereocenters. The molecule has 0 radical (unpaired) electrons. The summed E-state index contributed by atoms with van der Waals surface area (Å²) in [5, 5.41) is 3.01. The quantitative estimate of drug-likeness (QED) is 0.0205. The van der Waals surface area contributed by atoms with Crippen LogP contribution in [0.2, 0.25) is 0 Å². The minimum Gasteiger partial charge on any atom is -0.456 e. The van der Waals surface area contributed by atoms with Crippen LogP contribution in [0.4, 0.5) is 0 Å². The summed E-state index contributed by atoms with van der Waals surface area (Å²) in [7, 11) is 1.43. The van der Waals surface area contributed by atoms with Gasteiger partial charge in [-0.15, -0.1) is 0 Å². The molecule has 0 saturated carbocycles. The number of hydrogen-bond donors (Lipinski definition) is 2. The van der Waals surface area contributed by atoms with Crippen LogP contribution >= 0.6 is 7.82 Å². The smallest absolute Gasteiger partial charge is 0.456 e. The fourth-order valence-corrected chi connectivity index (χ4v) is 8.17. The summed E-state index contributed by atoms with van der Waals surface area (Å²) in [5.41, 5.74) is 0. The Morgan fingerprint density at radius 2 is 0.929 bits per heavy atom. The fraction of sp³-hybridized carbons (Fsp3) is 0.700. The Morgan fingerprint density at radius 1 is 0.514 bits per heavy atom. The normalized spacial score (nSPS) is 14.6. The number of hydrogen-bond acceptors (Lipinski definition) is 6. The van der Waals surface area contributed by atoms with Crippen LogP contribution in [0.1, 0.15) is 220 Å². The molecule has 0 spiro atoms. The Morgan fingerprint density at radius 3 is 1.40 bits per heavy atom. The average Bonchev–Trinajstić information content (AvgIpc) is 3.32. The highest BCUT2D eigenvalue weighted by Crippen LogP contribution is 2.43. The molecule has 10 heteroatoms. The van der Waals surface area contributed by atoms with Gasteiger partial charge in [0.25, 0.3) is 0 Å². The van der Waals surface area contributed by atoms with Crippen LogP contribution in [0.15, 0.2) is 97.2 Å². The Hall–Kier alpha value is -3.07. The van der Waals surface area contributed by atoms with Gasteiger partial charge in [0.05, 0.1) is 33.8 Å². The second-order valence-corrected chi connectivity index (χ2v) is 21.2. The lowest BCUT2D eigenvalue weighted by Crippen LogP contribution is -2.47. The fourth-order valence-electron chi connectivity index (χ4n) is 7.43. The van der Waals surface area contributed by atoms with E-state index in [0.29, 0.717) is 23.9 Å². The van der Waals surface area contributed by atoms with E-state index in [1.165, 1.54) is 89.9 Å². The molecule has 9 nitrogen and oxygen atoms in total. The van der Waals surface area contributed by atoms with E-state index in [-0.39, 0.29) is 32.0 Å². The van der Waals surface area contributed by atoms with E-state index in [9.17, 15) is 19.0 Å². The molecule has 0 aromatic carbocycles. The maximum Gasteiger partial charge on any atom is 0.472 e. The minimum absolute atomic E-state index is 0.0214. The number of nitrogens with one attached hydrogen (secondary N) is 1. The molecule has 0 rings (SSSR count). The van der Waals surface area contributed by atoms with Crippen molar-refractivity contribution < 1.29 is 37.3 Å². The van der Waals surface area contributed by atoms with Crippen molar-refractivity contribution >= 4 is 19.7 Å². The Labute approximate surface area is 430 Å². The molecule has 1 amide bonds. The molecule has 402 valence electrons. The average molecular weight is 998 g/mol. The number of allylic oxidation sites excluding steroid dienone is 15. The molecule has 0 fully saturated rings. The number of nitrogens with zero attached hydrogens (tertiary/aromatic N) is 1. The van der Waals surface area contributed by atoms with Crippen molar-refractivity contribution in [2.45, 2.75) is 232 Å². The zero-order chi connectivity index (χ0) is 51.5. The first kappa shape index (κ1) is 66.9. The number of esters is 1. The molecule has 70 heavy (non-hydrogen) atoms. The molecule has 0 bridgehead atoms. The molecular formula is C60H106N2O7P+. The van der Waals surface area contributed by atoms with Crippen LogP contribution in [-0.4, -0.2) is 74.3 Å². The molecule has 0 aliphatic rings. The zero-order valence-corrected chi connectivity index (χ0v) is 46.6. The molecule has 0 aromatic heterocycles. The van der Waals surface area contributed by atoms with Crippen molar-refractivity contribution in [2.75, 3.05) is 40.9 Å². The lowest BCUT2D eigenvalue weighted by molar-refractivity contribution is -0.870. The predicted molar refractivity (Wildman–Crippen MR) is 300 cm³/mol. The largest absolute Gasteiger partial charge is 0.472 e.